The average molecular weight is 268 g/mol. The molecule has 19 heavy (non-hydrogen) atoms. The lowest BCUT2D eigenvalue weighted by molar-refractivity contribution is -0.145. The van der Waals surface area contributed by atoms with Crippen molar-refractivity contribution in [3.05, 3.63) is 0 Å². The molecule has 0 aromatic rings. The van der Waals surface area contributed by atoms with Gasteiger partial charge in [-0.3, -0.25) is 9.59 Å². The van der Waals surface area contributed by atoms with Crippen LogP contribution in [0.2, 0.25) is 0 Å². The lowest BCUT2D eigenvalue weighted by atomic mass is 9.74. The Balaban J connectivity index is 2.64. The SMILES string of the molecule is COC(=O)C(C)CCC1(C)CCCC(C)(C)CC1=O. The van der Waals surface area contributed by atoms with Crippen LogP contribution in [0, 0.1) is 16.7 Å². The first-order chi connectivity index (χ1) is 8.70. The van der Waals surface area contributed by atoms with Crippen LogP contribution in [0.4, 0.5) is 0 Å². The number of carbonyl (C=O) groups is 2. The molecule has 1 fully saturated rings. The van der Waals surface area contributed by atoms with Gasteiger partial charge >= 0.3 is 5.97 Å². The van der Waals surface area contributed by atoms with Crippen LogP contribution in [0.5, 0.6) is 0 Å². The Morgan fingerprint density at radius 1 is 1.32 bits per heavy atom. The van der Waals surface area contributed by atoms with Crippen LogP contribution in [-0.2, 0) is 14.3 Å². The van der Waals surface area contributed by atoms with Crippen molar-refractivity contribution in [1.82, 2.24) is 0 Å². The van der Waals surface area contributed by atoms with E-state index in [0.29, 0.717) is 12.2 Å². The van der Waals surface area contributed by atoms with Crippen molar-refractivity contribution in [2.24, 2.45) is 16.7 Å². The van der Waals surface area contributed by atoms with Gasteiger partial charge in [0.15, 0.2) is 0 Å². The Morgan fingerprint density at radius 2 is 1.95 bits per heavy atom. The molecule has 0 saturated heterocycles. The highest BCUT2D eigenvalue weighted by Gasteiger charge is 2.39. The van der Waals surface area contributed by atoms with Crippen LogP contribution in [0.25, 0.3) is 0 Å². The summed E-state index contributed by atoms with van der Waals surface area (Å²) < 4.78 is 4.75. The fourth-order valence-corrected chi connectivity index (χ4v) is 2.95. The summed E-state index contributed by atoms with van der Waals surface area (Å²) in [7, 11) is 1.42. The Labute approximate surface area is 117 Å². The highest BCUT2D eigenvalue weighted by molar-refractivity contribution is 5.85. The monoisotopic (exact) mass is 268 g/mol. The second-order valence-corrected chi connectivity index (χ2v) is 7.14. The first kappa shape index (κ1) is 16.2. The summed E-state index contributed by atoms with van der Waals surface area (Å²) in [5.41, 5.74) is -0.126. The summed E-state index contributed by atoms with van der Waals surface area (Å²) in [6, 6.07) is 0. The number of hydrogen-bond donors (Lipinski definition) is 0. The van der Waals surface area contributed by atoms with Gasteiger partial charge in [0, 0.05) is 11.8 Å². The fraction of sp³-hybridized carbons (Fsp3) is 0.875. The van der Waals surface area contributed by atoms with E-state index in [2.05, 4.69) is 20.8 Å². The number of methoxy groups -OCH3 is 1. The smallest absolute Gasteiger partial charge is 0.308 e. The maximum Gasteiger partial charge on any atom is 0.308 e. The molecule has 0 N–H and O–H groups in total. The first-order valence-corrected chi connectivity index (χ1v) is 7.31. The van der Waals surface area contributed by atoms with E-state index < -0.39 is 0 Å². The number of hydrogen-bond acceptors (Lipinski definition) is 3. The molecule has 2 unspecified atom stereocenters. The summed E-state index contributed by atoms with van der Waals surface area (Å²) in [6.45, 7) is 8.29. The number of ketones is 1. The van der Waals surface area contributed by atoms with Crippen molar-refractivity contribution >= 4 is 11.8 Å². The Bertz CT molecular complexity index is 346. The van der Waals surface area contributed by atoms with Crippen molar-refractivity contribution in [3.63, 3.8) is 0 Å². The number of carbonyl (C=O) groups excluding carboxylic acids is 2. The van der Waals surface area contributed by atoms with E-state index in [1.54, 1.807) is 0 Å². The van der Waals surface area contributed by atoms with E-state index in [-0.39, 0.29) is 22.7 Å². The van der Waals surface area contributed by atoms with Crippen LogP contribution >= 0.6 is 0 Å². The van der Waals surface area contributed by atoms with Gasteiger partial charge in [-0.2, -0.15) is 0 Å². The van der Waals surface area contributed by atoms with Gasteiger partial charge in [0.2, 0.25) is 0 Å². The predicted octanol–water partition coefficient (Wildman–Crippen LogP) is 3.75. The zero-order chi connectivity index (χ0) is 14.7. The van der Waals surface area contributed by atoms with Crippen LogP contribution in [0.1, 0.15) is 66.2 Å². The zero-order valence-corrected chi connectivity index (χ0v) is 13.0. The lowest BCUT2D eigenvalue weighted by Crippen LogP contribution is -2.30. The van der Waals surface area contributed by atoms with Gasteiger partial charge in [0.25, 0.3) is 0 Å². The normalized spacial score (nSPS) is 28.6. The molecule has 0 amide bonds. The van der Waals surface area contributed by atoms with E-state index in [9.17, 15) is 9.59 Å². The minimum Gasteiger partial charge on any atom is -0.469 e. The number of ether oxygens (including phenoxy) is 1. The molecular formula is C16H28O3. The maximum absolute atomic E-state index is 12.5. The summed E-state index contributed by atoms with van der Waals surface area (Å²) in [5.74, 6) is 0.0722. The molecule has 0 radical (unpaired) electrons. The van der Waals surface area contributed by atoms with Gasteiger partial charge in [-0.05, 0) is 31.1 Å². The second-order valence-electron chi connectivity index (χ2n) is 7.14. The molecule has 0 aromatic heterocycles. The molecular weight excluding hydrogens is 240 g/mol. The second kappa shape index (κ2) is 6.06. The van der Waals surface area contributed by atoms with Gasteiger partial charge in [-0.15, -0.1) is 0 Å². The summed E-state index contributed by atoms with van der Waals surface area (Å²) in [6.07, 6.45) is 5.34. The predicted molar refractivity (Wildman–Crippen MR) is 75.8 cm³/mol. The topological polar surface area (TPSA) is 43.4 Å². The minimum absolute atomic E-state index is 0.120. The quantitative estimate of drug-likeness (QED) is 0.576. The molecule has 0 bridgehead atoms. The molecule has 2 atom stereocenters. The molecule has 1 aliphatic carbocycles. The van der Waals surface area contributed by atoms with Gasteiger partial charge in [0.05, 0.1) is 13.0 Å². The van der Waals surface area contributed by atoms with Crippen molar-refractivity contribution in [2.75, 3.05) is 7.11 Å². The summed E-state index contributed by atoms with van der Waals surface area (Å²) in [4.78, 5) is 23.9. The molecule has 3 heteroatoms. The van der Waals surface area contributed by atoms with Crippen molar-refractivity contribution in [2.45, 2.75) is 66.2 Å². The molecule has 3 nitrogen and oxygen atoms in total. The van der Waals surface area contributed by atoms with E-state index in [1.165, 1.54) is 7.11 Å². The van der Waals surface area contributed by atoms with Gasteiger partial charge in [-0.25, -0.2) is 0 Å². The molecule has 110 valence electrons. The molecule has 0 aliphatic heterocycles. The van der Waals surface area contributed by atoms with Crippen molar-refractivity contribution in [3.8, 4) is 0 Å². The van der Waals surface area contributed by atoms with Gasteiger partial charge < -0.3 is 4.74 Å². The molecule has 0 heterocycles. The third-order valence-electron chi connectivity index (χ3n) is 4.63. The largest absolute Gasteiger partial charge is 0.469 e. The lowest BCUT2D eigenvalue weighted by Gasteiger charge is -2.28. The van der Waals surface area contributed by atoms with E-state index in [4.69, 9.17) is 4.74 Å². The average Bonchev–Trinajstić information content (AvgIpc) is 2.43. The van der Waals surface area contributed by atoms with E-state index in [1.807, 2.05) is 6.92 Å². The number of rotatable bonds is 4. The van der Waals surface area contributed by atoms with Crippen molar-refractivity contribution < 1.29 is 14.3 Å². The fourth-order valence-electron chi connectivity index (χ4n) is 2.95. The minimum atomic E-state index is -0.254. The Morgan fingerprint density at radius 3 is 2.53 bits per heavy atom. The van der Waals surface area contributed by atoms with Gasteiger partial charge in [-0.1, -0.05) is 34.1 Å². The van der Waals surface area contributed by atoms with Gasteiger partial charge in [0.1, 0.15) is 5.78 Å². The van der Waals surface area contributed by atoms with E-state index in [0.717, 1.165) is 32.1 Å². The Kier molecular flexibility index (Phi) is 5.17. The molecule has 1 rings (SSSR count). The molecule has 1 aliphatic rings. The maximum atomic E-state index is 12.5. The standard InChI is InChI=1S/C16H28O3/c1-12(14(18)19-5)7-10-16(4)9-6-8-15(2,3)11-13(16)17/h12H,6-11H2,1-5H3. The highest BCUT2D eigenvalue weighted by Crippen LogP contribution is 2.42. The summed E-state index contributed by atoms with van der Waals surface area (Å²) >= 11 is 0. The van der Waals surface area contributed by atoms with Crippen molar-refractivity contribution in [1.29, 1.82) is 0 Å². The van der Waals surface area contributed by atoms with Crippen LogP contribution in [0.3, 0.4) is 0 Å². The molecule has 0 aromatic carbocycles. The van der Waals surface area contributed by atoms with Crippen LogP contribution < -0.4 is 0 Å². The third kappa shape index (κ3) is 4.32. The number of esters is 1. The summed E-state index contributed by atoms with van der Waals surface area (Å²) in [5, 5.41) is 0. The molecule has 0 spiro atoms. The number of Topliss-reactive ketones (excluding diaryl/α,β-unsaturated/α-hetero) is 1. The van der Waals surface area contributed by atoms with Crippen LogP contribution in [0.15, 0.2) is 0 Å². The Hall–Kier alpha value is -0.860. The first-order valence-electron chi connectivity index (χ1n) is 7.31. The molecule has 1 saturated carbocycles. The van der Waals surface area contributed by atoms with E-state index >= 15 is 0 Å². The third-order valence-corrected chi connectivity index (χ3v) is 4.63. The highest BCUT2D eigenvalue weighted by atomic mass is 16.5. The zero-order valence-electron chi connectivity index (χ0n) is 13.0. The van der Waals surface area contributed by atoms with Crippen LogP contribution in [-0.4, -0.2) is 18.9 Å².